The monoisotopic (exact) mass is 325 g/mol. The average Bonchev–Trinajstić information content (AvgIpc) is 3.24. The maximum atomic E-state index is 12.5. The zero-order valence-electron chi connectivity index (χ0n) is 14.1. The third kappa shape index (κ3) is 3.67. The fourth-order valence-corrected chi connectivity index (χ4v) is 3.10. The van der Waals surface area contributed by atoms with Gasteiger partial charge in [-0.3, -0.25) is 4.79 Å². The molecule has 1 aliphatic rings. The Morgan fingerprint density at radius 1 is 1.50 bits per heavy atom. The van der Waals surface area contributed by atoms with Crippen LogP contribution < -0.4 is 10.1 Å². The molecule has 126 valence electrons. The fraction of sp³-hybridized carbons (Fsp3) is 0.368. The van der Waals surface area contributed by atoms with Crippen LogP contribution in [0, 0.1) is 5.92 Å². The van der Waals surface area contributed by atoms with Crippen LogP contribution in [0.3, 0.4) is 0 Å². The second-order valence-corrected chi connectivity index (χ2v) is 6.14. The molecule has 24 heavy (non-hydrogen) atoms. The molecule has 0 aliphatic heterocycles. The molecular formula is C19H23N3O2. The lowest BCUT2D eigenvalue weighted by atomic mass is 10.0. The highest BCUT2D eigenvalue weighted by atomic mass is 16.5. The molecule has 1 heterocycles. The number of carbonyl (C=O) groups is 1. The third-order valence-corrected chi connectivity index (χ3v) is 4.41. The smallest absolute Gasteiger partial charge is 0.221 e. The van der Waals surface area contributed by atoms with Gasteiger partial charge < -0.3 is 14.6 Å². The minimum Gasteiger partial charge on any atom is -0.497 e. The first-order chi connectivity index (χ1) is 11.7. The summed E-state index contributed by atoms with van der Waals surface area (Å²) in [5.41, 5.74) is 0.957. The van der Waals surface area contributed by atoms with E-state index >= 15 is 0 Å². The van der Waals surface area contributed by atoms with Crippen molar-refractivity contribution in [2.75, 3.05) is 7.11 Å². The first kappa shape index (κ1) is 16.3. The quantitative estimate of drug-likeness (QED) is 0.831. The van der Waals surface area contributed by atoms with Crippen LogP contribution in [-0.2, 0) is 11.8 Å². The second-order valence-electron chi connectivity index (χ2n) is 6.14. The van der Waals surface area contributed by atoms with Gasteiger partial charge in [-0.05, 0) is 36.5 Å². The van der Waals surface area contributed by atoms with Gasteiger partial charge in [-0.1, -0.05) is 24.3 Å². The average molecular weight is 325 g/mol. The summed E-state index contributed by atoms with van der Waals surface area (Å²) < 4.78 is 7.25. The van der Waals surface area contributed by atoms with E-state index in [9.17, 15) is 4.79 Å². The molecule has 0 saturated heterocycles. The number of nitrogens with zero attached hydrogens (tertiary/aromatic N) is 2. The zero-order chi connectivity index (χ0) is 16.9. The lowest BCUT2D eigenvalue weighted by Gasteiger charge is -2.20. The molecule has 2 unspecified atom stereocenters. The van der Waals surface area contributed by atoms with E-state index in [1.807, 2.05) is 42.1 Å². The van der Waals surface area contributed by atoms with Crippen LogP contribution in [0.4, 0.5) is 0 Å². The number of benzene rings is 1. The molecule has 0 spiro atoms. The van der Waals surface area contributed by atoms with Crippen molar-refractivity contribution < 1.29 is 9.53 Å². The maximum absolute atomic E-state index is 12.5. The molecule has 0 fully saturated rings. The number of nitrogens with one attached hydrogen (secondary N) is 1. The molecule has 3 rings (SSSR count). The normalized spacial score (nSPS) is 17.7. The fourth-order valence-electron chi connectivity index (χ4n) is 3.10. The van der Waals surface area contributed by atoms with E-state index in [2.05, 4.69) is 22.5 Å². The number of rotatable bonds is 6. The van der Waals surface area contributed by atoms with Crippen LogP contribution in [0.5, 0.6) is 5.75 Å². The van der Waals surface area contributed by atoms with Gasteiger partial charge in [0.2, 0.25) is 5.91 Å². The third-order valence-electron chi connectivity index (χ3n) is 4.41. The van der Waals surface area contributed by atoms with E-state index in [1.165, 1.54) is 0 Å². The van der Waals surface area contributed by atoms with Gasteiger partial charge in [0.25, 0.3) is 0 Å². The highest BCUT2D eigenvalue weighted by Crippen LogP contribution is 2.25. The second kappa shape index (κ2) is 7.34. The molecule has 0 bridgehead atoms. The van der Waals surface area contributed by atoms with E-state index in [0.717, 1.165) is 30.0 Å². The van der Waals surface area contributed by atoms with Gasteiger partial charge >= 0.3 is 0 Å². The number of amides is 1. The molecule has 5 nitrogen and oxygen atoms in total. The number of ether oxygens (including phenoxy) is 1. The van der Waals surface area contributed by atoms with Crippen molar-refractivity contribution in [3.8, 4) is 5.75 Å². The van der Waals surface area contributed by atoms with Crippen LogP contribution in [0.15, 0.2) is 48.8 Å². The van der Waals surface area contributed by atoms with E-state index in [1.54, 1.807) is 13.3 Å². The Bertz CT molecular complexity index is 736. The molecule has 0 saturated carbocycles. The summed E-state index contributed by atoms with van der Waals surface area (Å²) in [5.74, 6) is 1.96. The van der Waals surface area contributed by atoms with Gasteiger partial charge in [-0.15, -0.1) is 0 Å². The number of aryl methyl sites for hydroxylation is 1. The summed E-state index contributed by atoms with van der Waals surface area (Å²) >= 11 is 0. The lowest BCUT2D eigenvalue weighted by Crippen LogP contribution is -2.32. The number of aromatic nitrogens is 2. The first-order valence-electron chi connectivity index (χ1n) is 8.24. The topological polar surface area (TPSA) is 56.1 Å². The van der Waals surface area contributed by atoms with E-state index < -0.39 is 0 Å². The van der Waals surface area contributed by atoms with Gasteiger partial charge in [0, 0.05) is 25.9 Å². The van der Waals surface area contributed by atoms with E-state index in [-0.39, 0.29) is 11.9 Å². The number of allylic oxidation sites excluding steroid dienone is 2. The molecule has 0 radical (unpaired) electrons. The van der Waals surface area contributed by atoms with E-state index in [0.29, 0.717) is 12.3 Å². The number of hydrogen-bond acceptors (Lipinski definition) is 3. The minimum absolute atomic E-state index is 0.0439. The van der Waals surface area contributed by atoms with Crippen molar-refractivity contribution in [2.24, 2.45) is 13.0 Å². The van der Waals surface area contributed by atoms with Crippen LogP contribution >= 0.6 is 0 Å². The van der Waals surface area contributed by atoms with Crippen molar-refractivity contribution in [3.05, 3.63) is 60.2 Å². The van der Waals surface area contributed by atoms with Crippen molar-refractivity contribution in [3.63, 3.8) is 0 Å². The van der Waals surface area contributed by atoms with Gasteiger partial charge in [0.1, 0.15) is 17.6 Å². The maximum Gasteiger partial charge on any atom is 0.221 e. The Morgan fingerprint density at radius 2 is 2.38 bits per heavy atom. The summed E-state index contributed by atoms with van der Waals surface area (Å²) in [4.78, 5) is 17.0. The summed E-state index contributed by atoms with van der Waals surface area (Å²) in [6, 6.07) is 7.45. The standard InChI is InChI=1S/C19H23N3O2/c1-22-11-10-20-19(22)18(15-8-5-9-16(13-15)24-2)21-17(23)12-14-6-3-4-7-14/h3,5-6,8-11,13-14,18H,4,7,12H2,1-2H3,(H,21,23). The molecule has 1 aliphatic carbocycles. The summed E-state index contributed by atoms with van der Waals surface area (Å²) in [6.45, 7) is 0. The van der Waals surface area contributed by atoms with Crippen LogP contribution in [0.1, 0.15) is 36.7 Å². The largest absolute Gasteiger partial charge is 0.497 e. The molecule has 1 amide bonds. The van der Waals surface area contributed by atoms with Crippen molar-refractivity contribution >= 4 is 5.91 Å². The zero-order valence-corrected chi connectivity index (χ0v) is 14.1. The van der Waals surface area contributed by atoms with Crippen LogP contribution in [0.2, 0.25) is 0 Å². The predicted octanol–water partition coefficient (Wildman–Crippen LogP) is 2.99. The Kier molecular flexibility index (Phi) is 4.99. The number of methoxy groups -OCH3 is 1. The van der Waals surface area contributed by atoms with Crippen LogP contribution in [-0.4, -0.2) is 22.6 Å². The minimum atomic E-state index is -0.294. The van der Waals surface area contributed by atoms with Gasteiger partial charge in [0.15, 0.2) is 0 Å². The molecule has 2 atom stereocenters. The molecule has 2 aromatic rings. The van der Waals surface area contributed by atoms with Gasteiger partial charge in [-0.2, -0.15) is 0 Å². The van der Waals surface area contributed by atoms with Crippen molar-refractivity contribution in [2.45, 2.75) is 25.3 Å². The number of hydrogen-bond donors (Lipinski definition) is 1. The Labute approximate surface area is 142 Å². The van der Waals surface area contributed by atoms with Gasteiger partial charge in [0.05, 0.1) is 7.11 Å². The van der Waals surface area contributed by atoms with Gasteiger partial charge in [-0.25, -0.2) is 4.98 Å². The van der Waals surface area contributed by atoms with Crippen molar-refractivity contribution in [1.82, 2.24) is 14.9 Å². The number of carbonyl (C=O) groups excluding carboxylic acids is 1. The molecular weight excluding hydrogens is 302 g/mol. The highest BCUT2D eigenvalue weighted by Gasteiger charge is 2.23. The summed E-state index contributed by atoms with van der Waals surface area (Å²) in [7, 11) is 3.57. The summed E-state index contributed by atoms with van der Waals surface area (Å²) in [5, 5.41) is 3.14. The SMILES string of the molecule is COc1cccc(C(NC(=O)CC2C=CCC2)c2nccn2C)c1. The van der Waals surface area contributed by atoms with Crippen LogP contribution in [0.25, 0.3) is 0 Å². The molecule has 1 aromatic heterocycles. The molecule has 1 N–H and O–H groups in total. The molecule has 5 heteroatoms. The lowest BCUT2D eigenvalue weighted by molar-refractivity contribution is -0.122. The Morgan fingerprint density at radius 3 is 3.04 bits per heavy atom. The number of imidazole rings is 1. The Balaban J connectivity index is 1.83. The first-order valence-corrected chi connectivity index (χ1v) is 8.24. The summed E-state index contributed by atoms with van der Waals surface area (Å²) in [6.07, 6.45) is 10.6. The predicted molar refractivity (Wildman–Crippen MR) is 92.7 cm³/mol. The Hall–Kier alpha value is -2.56. The highest BCUT2D eigenvalue weighted by molar-refractivity contribution is 5.77. The van der Waals surface area contributed by atoms with E-state index in [4.69, 9.17) is 4.74 Å². The molecule has 1 aromatic carbocycles. The van der Waals surface area contributed by atoms with Crippen molar-refractivity contribution in [1.29, 1.82) is 0 Å².